The summed E-state index contributed by atoms with van der Waals surface area (Å²) >= 11 is 0. The van der Waals surface area contributed by atoms with Crippen LogP contribution in [0.25, 0.3) is 0 Å². The first-order valence-electron chi connectivity index (χ1n) is 7.13. The van der Waals surface area contributed by atoms with E-state index in [9.17, 15) is 9.59 Å². The Labute approximate surface area is 129 Å². The minimum atomic E-state index is -0.246. The number of nitrogens with one attached hydrogen (secondary N) is 2. The van der Waals surface area contributed by atoms with Gasteiger partial charge in [0.25, 0.3) is 5.91 Å². The van der Waals surface area contributed by atoms with E-state index >= 15 is 0 Å². The van der Waals surface area contributed by atoms with Gasteiger partial charge in [-0.2, -0.15) is 0 Å². The first-order valence-corrected chi connectivity index (χ1v) is 7.13. The van der Waals surface area contributed by atoms with Crippen LogP contribution in [0, 0.1) is 6.92 Å². The van der Waals surface area contributed by atoms with Crippen LogP contribution in [0.4, 0.5) is 5.82 Å². The van der Waals surface area contributed by atoms with Gasteiger partial charge in [0.05, 0.1) is 5.56 Å². The summed E-state index contributed by atoms with van der Waals surface area (Å²) in [5.74, 6) is 0.413. The molecule has 0 bridgehead atoms. The molecule has 0 fully saturated rings. The molecular weight excluding hydrogens is 278 g/mol. The molecule has 1 aromatic heterocycles. The number of hydrogen-bond donors (Lipinski definition) is 2. The van der Waals surface area contributed by atoms with Crippen molar-refractivity contribution in [1.29, 1.82) is 0 Å². The number of ketones is 1. The number of anilines is 1. The zero-order chi connectivity index (χ0) is 15.9. The molecule has 1 aromatic carbocycles. The fraction of sp³-hybridized carbons (Fsp3) is 0.235. The molecule has 2 aromatic rings. The predicted molar refractivity (Wildman–Crippen MR) is 86.2 cm³/mol. The monoisotopic (exact) mass is 297 g/mol. The minimum Gasteiger partial charge on any atom is -0.368 e. The third-order valence-corrected chi connectivity index (χ3v) is 3.16. The molecule has 1 heterocycles. The van der Waals surface area contributed by atoms with E-state index in [2.05, 4.69) is 15.6 Å². The summed E-state index contributed by atoms with van der Waals surface area (Å²) in [6, 6.07) is 12.5. The van der Waals surface area contributed by atoms with Gasteiger partial charge in [0.1, 0.15) is 5.82 Å². The van der Waals surface area contributed by atoms with Crippen LogP contribution in [0.2, 0.25) is 0 Å². The molecule has 22 heavy (non-hydrogen) atoms. The number of aryl methyl sites for hydroxylation is 1. The molecule has 0 saturated carbocycles. The van der Waals surface area contributed by atoms with Crippen molar-refractivity contribution in [3.05, 3.63) is 59.3 Å². The van der Waals surface area contributed by atoms with Crippen LogP contribution < -0.4 is 10.6 Å². The number of amides is 1. The van der Waals surface area contributed by atoms with Crippen molar-refractivity contribution in [2.45, 2.75) is 13.8 Å². The molecule has 0 atom stereocenters. The van der Waals surface area contributed by atoms with Crippen LogP contribution in [0.15, 0.2) is 42.5 Å². The third-order valence-electron chi connectivity index (χ3n) is 3.16. The van der Waals surface area contributed by atoms with Gasteiger partial charge in [-0.25, -0.2) is 4.98 Å². The van der Waals surface area contributed by atoms with Crippen molar-refractivity contribution in [3.8, 4) is 0 Å². The van der Waals surface area contributed by atoms with Gasteiger partial charge in [0.2, 0.25) is 0 Å². The van der Waals surface area contributed by atoms with Gasteiger partial charge in [-0.05, 0) is 32.0 Å². The maximum Gasteiger partial charge on any atom is 0.252 e. The maximum atomic E-state index is 12.1. The van der Waals surface area contributed by atoms with Crippen LogP contribution in [0.1, 0.15) is 33.3 Å². The molecule has 0 saturated heterocycles. The fourth-order valence-electron chi connectivity index (χ4n) is 2.09. The van der Waals surface area contributed by atoms with Crippen LogP contribution in [-0.2, 0) is 0 Å². The highest BCUT2D eigenvalue weighted by Gasteiger charge is 2.12. The molecule has 0 radical (unpaired) electrons. The van der Waals surface area contributed by atoms with Gasteiger partial charge in [-0.1, -0.05) is 24.3 Å². The van der Waals surface area contributed by atoms with Crippen LogP contribution in [0.3, 0.4) is 0 Å². The lowest BCUT2D eigenvalue weighted by Crippen LogP contribution is -2.30. The lowest BCUT2D eigenvalue weighted by atomic mass is 10.0. The average Bonchev–Trinajstić information content (AvgIpc) is 2.51. The Kier molecular flexibility index (Phi) is 5.25. The van der Waals surface area contributed by atoms with E-state index in [1.165, 1.54) is 6.92 Å². The van der Waals surface area contributed by atoms with Crippen molar-refractivity contribution < 1.29 is 9.59 Å². The number of hydrogen-bond acceptors (Lipinski definition) is 4. The van der Waals surface area contributed by atoms with Gasteiger partial charge < -0.3 is 10.6 Å². The van der Waals surface area contributed by atoms with Crippen LogP contribution in [0.5, 0.6) is 0 Å². The number of Topliss-reactive ketones (excluding diaryl/α,β-unsaturated/α-hetero) is 1. The van der Waals surface area contributed by atoms with Gasteiger partial charge in [0, 0.05) is 24.3 Å². The SMILES string of the molecule is CC(=O)c1ccccc1C(=O)NCCNc1cccc(C)n1. The zero-order valence-corrected chi connectivity index (χ0v) is 12.7. The number of nitrogens with zero attached hydrogens (tertiary/aromatic N) is 1. The number of benzene rings is 1. The standard InChI is InChI=1S/C17H19N3O2/c1-12-6-5-9-16(20-12)18-10-11-19-17(22)15-8-4-3-7-14(15)13(2)21/h3-9H,10-11H2,1-2H3,(H,18,20)(H,19,22). The Hall–Kier alpha value is -2.69. The second-order valence-electron chi connectivity index (χ2n) is 4.95. The van der Waals surface area contributed by atoms with Crippen molar-refractivity contribution in [3.63, 3.8) is 0 Å². The molecule has 2 N–H and O–H groups in total. The Morgan fingerprint density at radius 3 is 2.41 bits per heavy atom. The van der Waals surface area contributed by atoms with E-state index in [1.54, 1.807) is 24.3 Å². The summed E-state index contributed by atoms with van der Waals surface area (Å²) in [5.41, 5.74) is 1.78. The molecule has 0 aliphatic carbocycles. The highest BCUT2D eigenvalue weighted by molar-refractivity contribution is 6.07. The summed E-state index contributed by atoms with van der Waals surface area (Å²) in [7, 11) is 0. The van der Waals surface area contributed by atoms with E-state index in [4.69, 9.17) is 0 Å². The minimum absolute atomic E-state index is 0.118. The normalized spacial score (nSPS) is 10.1. The largest absolute Gasteiger partial charge is 0.368 e. The molecule has 0 aliphatic rings. The maximum absolute atomic E-state index is 12.1. The molecule has 1 amide bonds. The molecule has 2 rings (SSSR count). The molecule has 5 nitrogen and oxygen atoms in total. The van der Waals surface area contributed by atoms with Gasteiger partial charge >= 0.3 is 0 Å². The lowest BCUT2D eigenvalue weighted by molar-refractivity contribution is 0.0940. The summed E-state index contributed by atoms with van der Waals surface area (Å²) < 4.78 is 0. The van der Waals surface area contributed by atoms with Gasteiger partial charge in [0.15, 0.2) is 5.78 Å². The van der Waals surface area contributed by atoms with Gasteiger partial charge in [-0.15, -0.1) is 0 Å². The molecule has 114 valence electrons. The molecular formula is C17H19N3O2. The molecule has 0 spiro atoms. The van der Waals surface area contributed by atoms with E-state index in [1.807, 2.05) is 25.1 Å². The zero-order valence-electron chi connectivity index (χ0n) is 12.7. The first kappa shape index (κ1) is 15.7. The summed E-state index contributed by atoms with van der Waals surface area (Å²) in [6.07, 6.45) is 0. The Balaban J connectivity index is 1.87. The quantitative estimate of drug-likeness (QED) is 0.634. The molecule has 5 heteroatoms. The first-order chi connectivity index (χ1) is 10.6. The average molecular weight is 297 g/mol. The topological polar surface area (TPSA) is 71.1 Å². The van der Waals surface area contributed by atoms with Crippen LogP contribution >= 0.6 is 0 Å². The number of rotatable bonds is 6. The second kappa shape index (κ2) is 7.36. The molecule has 0 aliphatic heterocycles. The van der Waals surface area contributed by atoms with Crippen molar-refractivity contribution >= 4 is 17.5 Å². The van der Waals surface area contributed by atoms with E-state index in [0.29, 0.717) is 24.2 Å². The third kappa shape index (κ3) is 4.15. The van der Waals surface area contributed by atoms with Crippen molar-refractivity contribution in [1.82, 2.24) is 10.3 Å². The van der Waals surface area contributed by atoms with E-state index in [-0.39, 0.29) is 11.7 Å². The number of aromatic nitrogens is 1. The predicted octanol–water partition coefficient (Wildman–Crippen LogP) is 2.43. The van der Waals surface area contributed by atoms with E-state index < -0.39 is 0 Å². The summed E-state index contributed by atoms with van der Waals surface area (Å²) in [5, 5.41) is 5.93. The summed E-state index contributed by atoms with van der Waals surface area (Å²) in [4.78, 5) is 28.0. The Morgan fingerprint density at radius 2 is 1.73 bits per heavy atom. The fourth-order valence-corrected chi connectivity index (χ4v) is 2.09. The Bertz CT molecular complexity index is 683. The van der Waals surface area contributed by atoms with E-state index in [0.717, 1.165) is 11.5 Å². The lowest BCUT2D eigenvalue weighted by Gasteiger charge is -2.09. The van der Waals surface area contributed by atoms with Crippen molar-refractivity contribution in [2.24, 2.45) is 0 Å². The van der Waals surface area contributed by atoms with Gasteiger partial charge in [-0.3, -0.25) is 9.59 Å². The highest BCUT2D eigenvalue weighted by atomic mass is 16.2. The molecule has 0 unspecified atom stereocenters. The summed E-state index contributed by atoms with van der Waals surface area (Å²) in [6.45, 7) is 4.38. The van der Waals surface area contributed by atoms with Crippen molar-refractivity contribution in [2.75, 3.05) is 18.4 Å². The Morgan fingerprint density at radius 1 is 1.00 bits per heavy atom. The van der Waals surface area contributed by atoms with Crippen LogP contribution in [-0.4, -0.2) is 29.8 Å². The number of carbonyl (C=O) groups is 2. The second-order valence-corrected chi connectivity index (χ2v) is 4.95. The highest BCUT2D eigenvalue weighted by Crippen LogP contribution is 2.09. The smallest absolute Gasteiger partial charge is 0.252 e. The number of carbonyl (C=O) groups excluding carboxylic acids is 2. The number of pyridine rings is 1.